The van der Waals surface area contributed by atoms with E-state index < -0.39 is 8.07 Å². The fraction of sp³-hybridized carbons (Fsp3) is 0.400. The van der Waals surface area contributed by atoms with E-state index in [0.717, 1.165) is 29.3 Å². The fourth-order valence-corrected chi connectivity index (χ4v) is 5.16. The lowest BCUT2D eigenvalue weighted by molar-refractivity contribution is 0.266. The van der Waals surface area contributed by atoms with Gasteiger partial charge in [0, 0.05) is 10.8 Å². The highest BCUT2D eigenvalue weighted by atomic mass is 28.3. The second kappa shape index (κ2) is 6.59. The summed E-state index contributed by atoms with van der Waals surface area (Å²) in [6.07, 6.45) is 1.89. The Hall–Kier alpha value is -1.81. The zero-order chi connectivity index (χ0) is 17.3. The van der Waals surface area contributed by atoms with Crippen LogP contribution in [0.15, 0.2) is 36.4 Å². The quantitative estimate of drug-likeness (QED) is 0.761. The third kappa shape index (κ3) is 3.20. The largest absolute Gasteiger partial charge is 0.494 e. The number of rotatable bonds is 4. The molecule has 2 nitrogen and oxygen atoms in total. The summed E-state index contributed by atoms with van der Waals surface area (Å²) >= 11 is 0. The number of methoxy groups -OCH3 is 1. The van der Waals surface area contributed by atoms with E-state index in [1.165, 1.54) is 12.7 Å². The molecule has 0 saturated heterocycles. The Morgan fingerprint density at radius 2 is 1.92 bits per heavy atom. The molecule has 0 amide bonds. The average Bonchev–Trinajstić information content (AvgIpc) is 2.54. The van der Waals surface area contributed by atoms with E-state index >= 15 is 0 Å². The Morgan fingerprint density at radius 3 is 2.54 bits per heavy atom. The molecule has 0 bridgehead atoms. The molecule has 2 aromatic carbocycles. The van der Waals surface area contributed by atoms with Crippen molar-refractivity contribution in [1.82, 2.24) is 0 Å². The van der Waals surface area contributed by atoms with Crippen LogP contribution in [0.4, 0.5) is 4.39 Å². The molecule has 0 aliphatic carbocycles. The summed E-state index contributed by atoms with van der Waals surface area (Å²) in [5.74, 6) is 1.21. The first-order chi connectivity index (χ1) is 11.4. The van der Waals surface area contributed by atoms with E-state index in [0.29, 0.717) is 18.3 Å². The molecular formula is C20H25FO2Si. The lowest BCUT2D eigenvalue weighted by Gasteiger charge is -2.32. The van der Waals surface area contributed by atoms with Gasteiger partial charge in [0.1, 0.15) is 5.75 Å². The maximum atomic E-state index is 14.9. The minimum atomic E-state index is -1.91. The standard InChI is InChI=1S/C20H25FO2Si/c1-22-17-13-16-15(12-14-8-6-5-7-9-14)10-11-23-19(16)20(18(17)21)24(2,3)4/h5-9,13,15H,10-12H2,1-4H3. The van der Waals surface area contributed by atoms with Crippen LogP contribution in [0.5, 0.6) is 11.5 Å². The smallest absolute Gasteiger partial charge is 0.167 e. The van der Waals surface area contributed by atoms with Crippen molar-refractivity contribution in [1.29, 1.82) is 0 Å². The normalized spacial score (nSPS) is 17.1. The molecule has 3 rings (SSSR count). The van der Waals surface area contributed by atoms with Gasteiger partial charge in [-0.1, -0.05) is 50.0 Å². The van der Waals surface area contributed by atoms with Crippen molar-refractivity contribution >= 4 is 13.3 Å². The number of hydrogen-bond donors (Lipinski definition) is 0. The Morgan fingerprint density at radius 1 is 1.21 bits per heavy atom. The van der Waals surface area contributed by atoms with Crippen molar-refractivity contribution in [3.63, 3.8) is 0 Å². The Labute approximate surface area is 144 Å². The van der Waals surface area contributed by atoms with Crippen molar-refractivity contribution in [2.75, 3.05) is 13.7 Å². The summed E-state index contributed by atoms with van der Waals surface area (Å²) in [5.41, 5.74) is 2.40. The molecule has 1 atom stereocenters. The van der Waals surface area contributed by atoms with E-state index in [1.807, 2.05) is 12.1 Å². The van der Waals surface area contributed by atoms with E-state index in [1.54, 1.807) is 0 Å². The van der Waals surface area contributed by atoms with Gasteiger partial charge in [-0.05, 0) is 30.4 Å². The molecule has 0 radical (unpaired) electrons. The highest BCUT2D eigenvalue weighted by molar-refractivity contribution is 6.89. The fourth-order valence-electron chi connectivity index (χ4n) is 3.48. The predicted molar refractivity (Wildman–Crippen MR) is 98.9 cm³/mol. The van der Waals surface area contributed by atoms with Crippen LogP contribution in [0.1, 0.15) is 23.5 Å². The van der Waals surface area contributed by atoms with Gasteiger partial charge in [0.15, 0.2) is 11.6 Å². The van der Waals surface area contributed by atoms with Gasteiger partial charge in [0.2, 0.25) is 0 Å². The van der Waals surface area contributed by atoms with E-state index in [2.05, 4.69) is 43.9 Å². The number of benzene rings is 2. The highest BCUT2D eigenvalue weighted by Crippen LogP contribution is 2.39. The maximum Gasteiger partial charge on any atom is 0.167 e. The SMILES string of the molecule is COc1cc2c(c([Si](C)(C)C)c1F)OCCC2Cc1ccccc1. The second-order valence-corrected chi connectivity index (χ2v) is 12.5. The molecule has 0 saturated carbocycles. The van der Waals surface area contributed by atoms with Crippen LogP contribution in [0, 0.1) is 5.82 Å². The molecule has 2 aromatic rings. The topological polar surface area (TPSA) is 18.5 Å². The summed E-state index contributed by atoms with van der Waals surface area (Å²) in [4.78, 5) is 0. The molecule has 128 valence electrons. The van der Waals surface area contributed by atoms with Gasteiger partial charge in [-0.25, -0.2) is 4.39 Å². The number of fused-ring (bicyclic) bond motifs is 1. The van der Waals surface area contributed by atoms with Gasteiger partial charge in [-0.2, -0.15) is 0 Å². The van der Waals surface area contributed by atoms with Crippen molar-refractivity contribution in [3.05, 3.63) is 53.3 Å². The van der Waals surface area contributed by atoms with Crippen molar-refractivity contribution in [3.8, 4) is 11.5 Å². The summed E-state index contributed by atoms with van der Waals surface area (Å²) in [5, 5.41) is 0.759. The van der Waals surface area contributed by atoms with Crippen LogP contribution in [-0.4, -0.2) is 21.8 Å². The minimum Gasteiger partial charge on any atom is -0.494 e. The van der Waals surface area contributed by atoms with E-state index in [9.17, 15) is 4.39 Å². The molecule has 1 heterocycles. The monoisotopic (exact) mass is 344 g/mol. The molecule has 1 aliphatic heterocycles. The van der Waals surface area contributed by atoms with Crippen LogP contribution >= 0.6 is 0 Å². The first kappa shape index (κ1) is 17.0. The first-order valence-electron chi connectivity index (χ1n) is 8.49. The molecule has 1 unspecified atom stereocenters. The summed E-state index contributed by atoms with van der Waals surface area (Å²) in [6, 6.07) is 12.3. The molecule has 0 aromatic heterocycles. The van der Waals surface area contributed by atoms with Gasteiger partial charge in [-0.3, -0.25) is 0 Å². The maximum absolute atomic E-state index is 14.9. The Balaban J connectivity index is 2.09. The van der Waals surface area contributed by atoms with Gasteiger partial charge in [-0.15, -0.1) is 0 Å². The van der Waals surface area contributed by atoms with Crippen LogP contribution < -0.4 is 14.7 Å². The van der Waals surface area contributed by atoms with Gasteiger partial charge in [0.25, 0.3) is 0 Å². The van der Waals surface area contributed by atoms with Crippen molar-refractivity contribution in [2.24, 2.45) is 0 Å². The number of hydrogen-bond acceptors (Lipinski definition) is 2. The van der Waals surface area contributed by atoms with Crippen molar-refractivity contribution in [2.45, 2.75) is 38.4 Å². The van der Waals surface area contributed by atoms with E-state index in [4.69, 9.17) is 9.47 Å². The molecule has 24 heavy (non-hydrogen) atoms. The minimum absolute atomic E-state index is 0.240. The first-order valence-corrected chi connectivity index (χ1v) is 12.0. The van der Waals surface area contributed by atoms with Crippen LogP contribution in [0.2, 0.25) is 19.6 Å². The molecule has 0 fully saturated rings. The van der Waals surface area contributed by atoms with Gasteiger partial charge < -0.3 is 9.47 Å². The Kier molecular flexibility index (Phi) is 4.68. The summed E-state index contributed by atoms with van der Waals surface area (Å²) in [7, 11) is -0.370. The lowest BCUT2D eigenvalue weighted by atomic mass is 9.87. The average molecular weight is 345 g/mol. The molecule has 0 N–H and O–H groups in total. The summed E-state index contributed by atoms with van der Waals surface area (Å²) in [6.45, 7) is 7.09. The van der Waals surface area contributed by atoms with Crippen LogP contribution in [0.3, 0.4) is 0 Å². The summed E-state index contributed by atoms with van der Waals surface area (Å²) < 4.78 is 26.2. The van der Waals surface area contributed by atoms with E-state index in [-0.39, 0.29) is 5.82 Å². The third-order valence-electron chi connectivity index (χ3n) is 4.66. The van der Waals surface area contributed by atoms with Gasteiger partial charge >= 0.3 is 0 Å². The lowest BCUT2D eigenvalue weighted by Crippen LogP contribution is -2.43. The zero-order valence-corrected chi connectivity index (χ0v) is 15.9. The zero-order valence-electron chi connectivity index (χ0n) is 14.9. The third-order valence-corrected chi connectivity index (χ3v) is 6.61. The van der Waals surface area contributed by atoms with Gasteiger partial charge in [0.05, 0.1) is 21.8 Å². The molecule has 1 aliphatic rings. The van der Waals surface area contributed by atoms with Crippen LogP contribution in [0.25, 0.3) is 0 Å². The molecule has 0 spiro atoms. The number of halogens is 1. The predicted octanol–water partition coefficient (Wildman–Crippen LogP) is 4.49. The van der Waals surface area contributed by atoms with Crippen LogP contribution in [-0.2, 0) is 6.42 Å². The highest BCUT2D eigenvalue weighted by Gasteiger charge is 2.34. The second-order valence-electron chi connectivity index (χ2n) is 7.46. The number of ether oxygens (including phenoxy) is 2. The molecule has 4 heteroatoms. The molecular weight excluding hydrogens is 319 g/mol. The Bertz CT molecular complexity index is 723. The van der Waals surface area contributed by atoms with Crippen molar-refractivity contribution < 1.29 is 13.9 Å².